The van der Waals surface area contributed by atoms with Crippen molar-refractivity contribution in [2.45, 2.75) is 12.8 Å². The van der Waals surface area contributed by atoms with Gasteiger partial charge in [0, 0.05) is 24.7 Å². The lowest BCUT2D eigenvalue weighted by Gasteiger charge is -2.11. The lowest BCUT2D eigenvalue weighted by Crippen LogP contribution is -2.25. The second kappa shape index (κ2) is 9.88. The molecule has 0 fully saturated rings. The third-order valence-electron chi connectivity index (χ3n) is 4.19. The maximum absolute atomic E-state index is 12.3. The number of carbonyl (C=O) groups is 2. The molecule has 8 heteroatoms. The monoisotopic (exact) mass is 456 g/mol. The second-order valence-electron chi connectivity index (χ2n) is 6.26. The molecule has 1 heterocycles. The van der Waals surface area contributed by atoms with Crippen LogP contribution in [0.4, 0.5) is 5.69 Å². The number of rotatable bonds is 8. The molecule has 2 N–H and O–H groups in total. The Kier molecular flexibility index (Phi) is 7.02. The first-order valence-electron chi connectivity index (χ1n) is 9.08. The van der Waals surface area contributed by atoms with E-state index in [4.69, 9.17) is 4.74 Å². The Labute approximate surface area is 177 Å². The Balaban J connectivity index is 1.47. The fourth-order valence-corrected chi connectivity index (χ4v) is 3.01. The zero-order valence-electron chi connectivity index (χ0n) is 15.9. The summed E-state index contributed by atoms with van der Waals surface area (Å²) in [5, 5.41) is 9.98. The molecular weight excluding hydrogens is 436 g/mol. The van der Waals surface area contributed by atoms with Crippen LogP contribution < -0.4 is 15.4 Å². The van der Waals surface area contributed by atoms with Gasteiger partial charge in [0.05, 0.1) is 29.2 Å². The molecule has 0 saturated carbocycles. The van der Waals surface area contributed by atoms with Gasteiger partial charge in [0.2, 0.25) is 5.91 Å². The van der Waals surface area contributed by atoms with Gasteiger partial charge < -0.3 is 15.4 Å². The summed E-state index contributed by atoms with van der Waals surface area (Å²) in [6, 6.07) is 14.3. The van der Waals surface area contributed by atoms with Crippen LogP contribution in [-0.2, 0) is 4.79 Å². The Morgan fingerprint density at radius 1 is 1.14 bits per heavy atom. The molecule has 0 aliphatic carbocycles. The Bertz CT molecular complexity index is 986. The van der Waals surface area contributed by atoms with Crippen molar-refractivity contribution >= 4 is 33.4 Å². The SMILES string of the molecule is COc1ccc(C(=O)NCCCC(=O)Nc2ccccc2-n2cc(Br)cn2)cc1. The summed E-state index contributed by atoms with van der Waals surface area (Å²) in [5.41, 5.74) is 2.00. The zero-order valence-corrected chi connectivity index (χ0v) is 17.5. The molecule has 7 nitrogen and oxygen atoms in total. The van der Waals surface area contributed by atoms with E-state index in [1.165, 1.54) is 0 Å². The smallest absolute Gasteiger partial charge is 0.251 e. The summed E-state index contributed by atoms with van der Waals surface area (Å²) in [5.74, 6) is 0.394. The molecule has 3 aromatic rings. The predicted octanol–water partition coefficient (Wildman–Crippen LogP) is 3.79. The summed E-state index contributed by atoms with van der Waals surface area (Å²) >= 11 is 3.37. The number of methoxy groups -OCH3 is 1. The molecule has 0 atom stereocenters. The standard InChI is InChI=1S/C21H21BrN4O3/c1-29-17-10-8-15(9-11-17)21(28)23-12-4-7-20(27)25-18-5-2-3-6-19(18)26-14-16(22)13-24-26/h2-3,5-6,8-11,13-14H,4,7,12H2,1H3,(H,23,28)(H,25,27). The molecule has 0 bridgehead atoms. The van der Waals surface area contributed by atoms with E-state index < -0.39 is 0 Å². The minimum atomic E-state index is -0.178. The van der Waals surface area contributed by atoms with Gasteiger partial charge in [-0.15, -0.1) is 0 Å². The predicted molar refractivity (Wildman–Crippen MR) is 114 cm³/mol. The van der Waals surface area contributed by atoms with Crippen molar-refractivity contribution in [3.63, 3.8) is 0 Å². The first-order valence-corrected chi connectivity index (χ1v) is 9.88. The molecular formula is C21H21BrN4O3. The summed E-state index contributed by atoms with van der Waals surface area (Å²) in [6.07, 6.45) is 4.33. The number of amides is 2. The highest BCUT2D eigenvalue weighted by molar-refractivity contribution is 9.10. The molecule has 2 aromatic carbocycles. The molecule has 1 aromatic heterocycles. The lowest BCUT2D eigenvalue weighted by atomic mass is 10.2. The van der Waals surface area contributed by atoms with E-state index in [1.54, 1.807) is 42.3 Å². The molecule has 0 aliphatic rings. The van der Waals surface area contributed by atoms with E-state index in [0.29, 0.717) is 36.4 Å². The van der Waals surface area contributed by atoms with E-state index in [-0.39, 0.29) is 11.8 Å². The Morgan fingerprint density at radius 3 is 2.59 bits per heavy atom. The zero-order chi connectivity index (χ0) is 20.6. The van der Waals surface area contributed by atoms with Gasteiger partial charge in [-0.05, 0) is 58.7 Å². The van der Waals surface area contributed by atoms with Gasteiger partial charge in [-0.25, -0.2) is 4.68 Å². The molecule has 3 rings (SSSR count). The van der Waals surface area contributed by atoms with Crippen LogP contribution in [0.2, 0.25) is 0 Å². The number of nitrogens with one attached hydrogen (secondary N) is 2. The summed E-state index contributed by atoms with van der Waals surface area (Å²) in [6.45, 7) is 0.409. The van der Waals surface area contributed by atoms with Crippen molar-refractivity contribution in [2.75, 3.05) is 19.0 Å². The van der Waals surface area contributed by atoms with Crippen molar-refractivity contribution in [3.8, 4) is 11.4 Å². The van der Waals surface area contributed by atoms with Crippen molar-refractivity contribution < 1.29 is 14.3 Å². The van der Waals surface area contributed by atoms with Crippen LogP contribution in [0.3, 0.4) is 0 Å². The fraction of sp³-hybridized carbons (Fsp3) is 0.190. The minimum Gasteiger partial charge on any atom is -0.497 e. The van der Waals surface area contributed by atoms with E-state index >= 15 is 0 Å². The number of halogens is 1. The van der Waals surface area contributed by atoms with E-state index in [9.17, 15) is 9.59 Å². The molecule has 0 spiro atoms. The highest BCUT2D eigenvalue weighted by Gasteiger charge is 2.10. The molecule has 0 saturated heterocycles. The van der Waals surface area contributed by atoms with Gasteiger partial charge in [-0.2, -0.15) is 5.10 Å². The Morgan fingerprint density at radius 2 is 1.90 bits per heavy atom. The van der Waals surface area contributed by atoms with Crippen LogP contribution >= 0.6 is 15.9 Å². The number of para-hydroxylation sites is 2. The first-order chi connectivity index (χ1) is 14.1. The van der Waals surface area contributed by atoms with Crippen LogP contribution in [0.1, 0.15) is 23.2 Å². The van der Waals surface area contributed by atoms with Gasteiger partial charge in [-0.1, -0.05) is 12.1 Å². The van der Waals surface area contributed by atoms with Crippen molar-refractivity contribution in [2.24, 2.45) is 0 Å². The van der Waals surface area contributed by atoms with Gasteiger partial charge >= 0.3 is 0 Å². The molecule has 0 unspecified atom stereocenters. The number of hydrogen-bond donors (Lipinski definition) is 2. The molecule has 0 aliphatic heterocycles. The highest BCUT2D eigenvalue weighted by atomic mass is 79.9. The normalized spacial score (nSPS) is 10.4. The van der Waals surface area contributed by atoms with E-state index in [1.807, 2.05) is 30.5 Å². The number of benzene rings is 2. The third-order valence-corrected chi connectivity index (χ3v) is 4.60. The van der Waals surface area contributed by atoms with Crippen LogP contribution in [-0.4, -0.2) is 35.2 Å². The number of aromatic nitrogens is 2. The average Bonchev–Trinajstić information content (AvgIpc) is 3.17. The van der Waals surface area contributed by atoms with Gasteiger partial charge in [0.15, 0.2) is 0 Å². The van der Waals surface area contributed by atoms with Gasteiger partial charge in [0.1, 0.15) is 5.75 Å². The Hall–Kier alpha value is -3.13. The summed E-state index contributed by atoms with van der Waals surface area (Å²) in [7, 11) is 1.58. The maximum atomic E-state index is 12.3. The number of anilines is 1. The number of hydrogen-bond acceptors (Lipinski definition) is 4. The van der Waals surface area contributed by atoms with Gasteiger partial charge in [0.25, 0.3) is 5.91 Å². The van der Waals surface area contributed by atoms with Gasteiger partial charge in [-0.3, -0.25) is 9.59 Å². The molecule has 0 radical (unpaired) electrons. The molecule has 150 valence electrons. The van der Waals surface area contributed by atoms with Crippen LogP contribution in [0.15, 0.2) is 65.4 Å². The van der Waals surface area contributed by atoms with Crippen LogP contribution in [0, 0.1) is 0 Å². The van der Waals surface area contributed by atoms with Crippen LogP contribution in [0.25, 0.3) is 5.69 Å². The van der Waals surface area contributed by atoms with Crippen molar-refractivity contribution in [1.82, 2.24) is 15.1 Å². The second-order valence-corrected chi connectivity index (χ2v) is 7.17. The van der Waals surface area contributed by atoms with Crippen molar-refractivity contribution in [3.05, 3.63) is 71.0 Å². The first kappa shape index (κ1) is 20.6. The summed E-state index contributed by atoms with van der Waals surface area (Å²) in [4.78, 5) is 24.4. The number of ether oxygens (including phenoxy) is 1. The van der Waals surface area contributed by atoms with Crippen molar-refractivity contribution in [1.29, 1.82) is 0 Å². The minimum absolute atomic E-state index is 0.123. The largest absolute Gasteiger partial charge is 0.497 e. The summed E-state index contributed by atoms with van der Waals surface area (Å²) < 4.78 is 7.62. The molecule has 29 heavy (non-hydrogen) atoms. The molecule has 2 amide bonds. The van der Waals surface area contributed by atoms with E-state index in [0.717, 1.165) is 10.2 Å². The quantitative estimate of drug-likeness (QED) is 0.504. The fourth-order valence-electron chi connectivity index (χ4n) is 2.72. The van der Waals surface area contributed by atoms with E-state index in [2.05, 4.69) is 31.7 Å². The number of carbonyl (C=O) groups excluding carboxylic acids is 2. The maximum Gasteiger partial charge on any atom is 0.251 e. The third kappa shape index (κ3) is 5.68. The topological polar surface area (TPSA) is 85.2 Å². The average molecular weight is 457 g/mol. The number of nitrogens with zero attached hydrogens (tertiary/aromatic N) is 2. The van der Waals surface area contributed by atoms with Crippen LogP contribution in [0.5, 0.6) is 5.75 Å². The highest BCUT2D eigenvalue weighted by Crippen LogP contribution is 2.21. The lowest BCUT2D eigenvalue weighted by molar-refractivity contribution is -0.116.